The second-order valence-electron chi connectivity index (χ2n) is 10.3. The number of rotatable bonds is 6. The third-order valence-corrected chi connectivity index (χ3v) is 7.85. The van der Waals surface area contributed by atoms with Gasteiger partial charge in [0, 0.05) is 36.5 Å². The third-order valence-electron chi connectivity index (χ3n) is 7.85. The van der Waals surface area contributed by atoms with Crippen molar-refractivity contribution in [2.75, 3.05) is 20.2 Å². The van der Waals surface area contributed by atoms with Gasteiger partial charge < -0.3 is 14.2 Å². The molecule has 7 heteroatoms. The molecule has 0 bridgehead atoms. The van der Waals surface area contributed by atoms with E-state index < -0.39 is 0 Å². The molecule has 1 saturated heterocycles. The first-order valence-corrected chi connectivity index (χ1v) is 13.0. The smallest absolute Gasteiger partial charge is 0.225 e. The molecule has 37 heavy (non-hydrogen) atoms. The zero-order valence-electron chi connectivity index (χ0n) is 20.9. The van der Waals surface area contributed by atoms with Crippen LogP contribution >= 0.6 is 0 Å². The van der Waals surface area contributed by atoms with Gasteiger partial charge in [-0.1, -0.05) is 42.5 Å². The van der Waals surface area contributed by atoms with Crippen LogP contribution in [0.5, 0.6) is 5.75 Å². The molecule has 2 aliphatic rings. The number of aromatic nitrogens is 4. The van der Waals surface area contributed by atoms with Crippen molar-refractivity contribution in [3.05, 3.63) is 66.9 Å². The van der Waals surface area contributed by atoms with Crippen molar-refractivity contribution in [2.45, 2.75) is 25.8 Å². The number of methoxy groups -OCH3 is 1. The lowest BCUT2D eigenvalue weighted by atomic mass is 10.0. The van der Waals surface area contributed by atoms with Gasteiger partial charge in [0.2, 0.25) is 5.91 Å². The van der Waals surface area contributed by atoms with E-state index in [-0.39, 0.29) is 5.92 Å². The van der Waals surface area contributed by atoms with Crippen LogP contribution in [0, 0.1) is 11.8 Å². The van der Waals surface area contributed by atoms with E-state index in [1.807, 2.05) is 18.3 Å². The first-order valence-electron chi connectivity index (χ1n) is 13.0. The summed E-state index contributed by atoms with van der Waals surface area (Å²) in [7, 11) is 1.69. The van der Waals surface area contributed by atoms with Gasteiger partial charge in [-0.25, -0.2) is 4.98 Å². The number of hydrogen-bond acceptors (Lipinski definition) is 4. The number of likely N-dealkylation sites (tertiary alicyclic amines) is 1. The van der Waals surface area contributed by atoms with Gasteiger partial charge in [-0.05, 0) is 54.5 Å². The van der Waals surface area contributed by atoms with E-state index in [0.717, 1.165) is 89.1 Å². The summed E-state index contributed by atoms with van der Waals surface area (Å²) in [4.78, 5) is 19.8. The highest BCUT2D eigenvalue weighted by Crippen LogP contribution is 2.36. The van der Waals surface area contributed by atoms with Crippen molar-refractivity contribution in [2.24, 2.45) is 11.8 Å². The van der Waals surface area contributed by atoms with Gasteiger partial charge in [-0.2, -0.15) is 5.10 Å². The van der Waals surface area contributed by atoms with E-state index in [1.165, 1.54) is 0 Å². The van der Waals surface area contributed by atoms with Gasteiger partial charge in [0.15, 0.2) is 0 Å². The predicted octanol–water partition coefficient (Wildman–Crippen LogP) is 5.51. The number of aromatic amines is 1. The number of ether oxygens (including phenoxy) is 1. The summed E-state index contributed by atoms with van der Waals surface area (Å²) in [6.07, 6.45) is 4.98. The van der Waals surface area contributed by atoms with Crippen LogP contribution in [0.4, 0.5) is 0 Å². The number of nitrogens with zero attached hydrogens (tertiary/aromatic N) is 4. The molecular formula is C30H29N5O2. The second-order valence-corrected chi connectivity index (χ2v) is 10.3. The molecule has 5 aromatic rings. The molecule has 2 aromatic heterocycles. The number of amides is 1. The number of imidazole rings is 1. The van der Waals surface area contributed by atoms with Gasteiger partial charge in [0.05, 0.1) is 24.3 Å². The molecule has 7 nitrogen and oxygen atoms in total. The summed E-state index contributed by atoms with van der Waals surface area (Å²) >= 11 is 0. The van der Waals surface area contributed by atoms with Crippen molar-refractivity contribution in [3.63, 3.8) is 0 Å². The van der Waals surface area contributed by atoms with Crippen LogP contribution in [0.25, 0.3) is 44.5 Å². The van der Waals surface area contributed by atoms with Crippen molar-refractivity contribution in [1.29, 1.82) is 0 Å². The molecule has 7 rings (SSSR count). The Bertz CT molecular complexity index is 1610. The number of nitrogens with one attached hydrogen (secondary N) is 1. The quantitative estimate of drug-likeness (QED) is 0.340. The minimum absolute atomic E-state index is 0.278. The Hall–Kier alpha value is -4.13. The average molecular weight is 492 g/mol. The van der Waals surface area contributed by atoms with Gasteiger partial charge in [-0.15, -0.1) is 0 Å². The molecule has 186 valence electrons. The minimum Gasteiger partial charge on any atom is -0.494 e. The molecule has 1 amide bonds. The standard InChI is InChI=1S/C30H29N5O2/c1-37-27-4-2-3-26-28(27)32-29(35(26)18-19-13-14-34(17-19)30(36)22-9-10-22)21-7-5-20(6-8-21)23-11-12-24-16-31-33-25(24)15-23/h2-8,11-12,15-16,19,22H,9-10,13-14,17-18H2,1H3,(H,31,33). The third kappa shape index (κ3) is 3.95. The fourth-order valence-corrected chi connectivity index (χ4v) is 5.65. The molecule has 3 heterocycles. The molecule has 0 radical (unpaired) electrons. The van der Waals surface area contributed by atoms with Gasteiger partial charge in [0.25, 0.3) is 0 Å². The maximum atomic E-state index is 12.6. The fraction of sp³-hybridized carbons (Fsp3) is 0.300. The summed E-state index contributed by atoms with van der Waals surface area (Å²) in [6, 6.07) is 21.0. The zero-order chi connectivity index (χ0) is 24.9. The lowest BCUT2D eigenvalue weighted by Gasteiger charge is -2.18. The van der Waals surface area contributed by atoms with Crippen LogP contribution in [-0.2, 0) is 11.3 Å². The van der Waals surface area contributed by atoms with Gasteiger partial charge in [0.1, 0.15) is 17.1 Å². The highest BCUT2D eigenvalue weighted by Gasteiger charge is 2.36. The number of H-pyrrole nitrogens is 1. The van der Waals surface area contributed by atoms with Crippen molar-refractivity contribution >= 4 is 27.8 Å². The SMILES string of the molecule is COc1cccc2c1nc(-c1ccc(-c3ccc4cn[nH]c4c3)cc1)n2CC1CCN(C(=O)C2CC2)C1. The molecule has 3 aromatic carbocycles. The Morgan fingerprint density at radius 3 is 2.65 bits per heavy atom. The number of carbonyl (C=O) groups excluding carboxylic acids is 1. The van der Waals surface area contributed by atoms with Crippen molar-refractivity contribution in [1.82, 2.24) is 24.6 Å². The molecule has 2 fully saturated rings. The van der Waals surface area contributed by atoms with E-state index in [1.54, 1.807) is 7.11 Å². The Morgan fingerprint density at radius 1 is 1.03 bits per heavy atom. The summed E-state index contributed by atoms with van der Waals surface area (Å²) in [5.41, 5.74) is 6.32. The van der Waals surface area contributed by atoms with Crippen LogP contribution in [0.1, 0.15) is 19.3 Å². The van der Waals surface area contributed by atoms with Gasteiger partial charge >= 0.3 is 0 Å². The van der Waals surface area contributed by atoms with E-state index in [0.29, 0.717) is 11.8 Å². The Morgan fingerprint density at radius 2 is 1.84 bits per heavy atom. The van der Waals surface area contributed by atoms with Crippen LogP contribution in [0.3, 0.4) is 0 Å². The normalized spacial score (nSPS) is 17.6. The highest BCUT2D eigenvalue weighted by atomic mass is 16.5. The fourth-order valence-electron chi connectivity index (χ4n) is 5.65. The predicted molar refractivity (Wildman–Crippen MR) is 144 cm³/mol. The second kappa shape index (κ2) is 8.76. The maximum absolute atomic E-state index is 12.6. The monoisotopic (exact) mass is 491 g/mol. The van der Waals surface area contributed by atoms with Crippen molar-refractivity contribution < 1.29 is 9.53 Å². The minimum atomic E-state index is 0.278. The molecule has 1 saturated carbocycles. The summed E-state index contributed by atoms with van der Waals surface area (Å²) in [5, 5.41) is 8.29. The molecule has 1 N–H and O–H groups in total. The first kappa shape index (κ1) is 22.1. The zero-order valence-corrected chi connectivity index (χ0v) is 20.9. The van der Waals surface area contributed by atoms with Crippen molar-refractivity contribution in [3.8, 4) is 28.3 Å². The number of hydrogen-bond donors (Lipinski definition) is 1. The molecule has 1 aliphatic carbocycles. The largest absolute Gasteiger partial charge is 0.494 e. The summed E-state index contributed by atoms with van der Waals surface area (Å²) < 4.78 is 7.97. The molecule has 0 spiro atoms. The number of benzene rings is 3. The summed E-state index contributed by atoms with van der Waals surface area (Å²) in [5.74, 6) is 2.75. The number of para-hydroxylation sites is 1. The van der Waals surface area contributed by atoms with E-state index in [9.17, 15) is 4.79 Å². The van der Waals surface area contributed by atoms with Crippen LogP contribution in [0.15, 0.2) is 66.9 Å². The lowest BCUT2D eigenvalue weighted by Crippen LogP contribution is -2.30. The maximum Gasteiger partial charge on any atom is 0.225 e. The average Bonchev–Trinajstić information content (AvgIpc) is 3.32. The van der Waals surface area contributed by atoms with Gasteiger partial charge in [-0.3, -0.25) is 9.89 Å². The lowest BCUT2D eigenvalue weighted by molar-refractivity contribution is -0.131. The molecule has 1 unspecified atom stereocenters. The van der Waals surface area contributed by atoms with E-state index >= 15 is 0 Å². The Kier molecular flexibility index (Phi) is 5.23. The topological polar surface area (TPSA) is 76.0 Å². The number of carbonyl (C=O) groups is 1. The van der Waals surface area contributed by atoms with E-state index in [2.05, 4.69) is 68.2 Å². The van der Waals surface area contributed by atoms with Crippen LogP contribution < -0.4 is 4.74 Å². The molecule has 1 aliphatic heterocycles. The van der Waals surface area contributed by atoms with Crippen LogP contribution in [0.2, 0.25) is 0 Å². The Labute approximate surface area is 215 Å². The Balaban J connectivity index is 1.23. The molecule has 1 atom stereocenters. The first-order chi connectivity index (χ1) is 18.2. The summed E-state index contributed by atoms with van der Waals surface area (Å²) in [6.45, 7) is 2.51. The molecular weight excluding hydrogens is 462 g/mol. The highest BCUT2D eigenvalue weighted by molar-refractivity contribution is 5.87. The van der Waals surface area contributed by atoms with Crippen LogP contribution in [-0.4, -0.2) is 50.8 Å². The number of fused-ring (bicyclic) bond motifs is 2. The van der Waals surface area contributed by atoms with E-state index in [4.69, 9.17) is 9.72 Å².